The summed E-state index contributed by atoms with van der Waals surface area (Å²) in [5, 5.41) is 3.46. The van der Waals surface area contributed by atoms with Crippen molar-refractivity contribution < 1.29 is 0 Å². The number of aromatic nitrogens is 1. The summed E-state index contributed by atoms with van der Waals surface area (Å²) >= 11 is 0. The van der Waals surface area contributed by atoms with Crippen LogP contribution >= 0.6 is 24.8 Å². The van der Waals surface area contributed by atoms with Crippen molar-refractivity contribution in [2.24, 2.45) is 5.92 Å². The van der Waals surface area contributed by atoms with Gasteiger partial charge in [-0.3, -0.25) is 0 Å². The topological polar surface area (TPSA) is 27.8 Å². The van der Waals surface area contributed by atoms with E-state index in [1.54, 1.807) is 0 Å². The van der Waals surface area contributed by atoms with Crippen LogP contribution in [0.3, 0.4) is 0 Å². The highest BCUT2D eigenvalue weighted by Gasteiger charge is 2.26. The monoisotopic (exact) mass is 328 g/mol. The second kappa shape index (κ2) is 9.88. The third-order valence-corrected chi connectivity index (χ3v) is 4.00. The van der Waals surface area contributed by atoms with Gasteiger partial charge in [0.15, 0.2) is 0 Å². The van der Waals surface area contributed by atoms with E-state index in [9.17, 15) is 0 Å². The normalized spacial score (nSPS) is 16.0. The highest BCUT2D eigenvalue weighted by molar-refractivity contribution is 5.85. The molecule has 1 fully saturated rings. The second-order valence-corrected chi connectivity index (χ2v) is 5.12. The smallest absolute Gasteiger partial charge is 0.0133 e. The molecule has 2 aromatic rings. The lowest BCUT2D eigenvalue weighted by Crippen LogP contribution is -2.31. The van der Waals surface area contributed by atoms with E-state index in [2.05, 4.69) is 52.9 Å². The zero-order valence-corrected chi connectivity index (χ0v) is 13.1. The van der Waals surface area contributed by atoms with Gasteiger partial charge < -0.3 is 10.3 Å². The van der Waals surface area contributed by atoms with Crippen LogP contribution in [-0.4, -0.2) is 18.1 Å². The number of hydrogen-bond donors (Lipinski definition) is 2. The molecular formula is C17H26Cl2N2. The van der Waals surface area contributed by atoms with E-state index in [4.69, 9.17) is 0 Å². The number of benzene rings is 1. The van der Waals surface area contributed by atoms with Crippen molar-refractivity contribution in [3.8, 4) is 0 Å². The third kappa shape index (κ3) is 4.77. The van der Waals surface area contributed by atoms with Crippen molar-refractivity contribution >= 4 is 24.8 Å². The average molecular weight is 329 g/mol. The molecule has 0 aliphatic carbocycles. The Hall–Kier alpha value is -0.960. The number of aromatic amines is 1. The predicted molar refractivity (Wildman–Crippen MR) is 95.9 cm³/mol. The molecule has 4 heteroatoms. The van der Waals surface area contributed by atoms with Crippen LogP contribution in [0.25, 0.3) is 0 Å². The van der Waals surface area contributed by atoms with E-state index in [0.717, 1.165) is 19.0 Å². The van der Waals surface area contributed by atoms with E-state index >= 15 is 0 Å². The summed E-state index contributed by atoms with van der Waals surface area (Å²) < 4.78 is 0. The summed E-state index contributed by atoms with van der Waals surface area (Å²) in [5.41, 5.74) is 2.87. The van der Waals surface area contributed by atoms with Gasteiger partial charge in [-0.2, -0.15) is 0 Å². The summed E-state index contributed by atoms with van der Waals surface area (Å²) in [6, 6.07) is 13.1. The molecular weight excluding hydrogens is 303 g/mol. The van der Waals surface area contributed by atoms with Crippen LogP contribution in [0, 0.1) is 5.92 Å². The van der Waals surface area contributed by atoms with Crippen molar-refractivity contribution in [2.45, 2.75) is 26.2 Å². The molecule has 0 spiro atoms. The number of nitrogens with one attached hydrogen (secondary N) is 2. The first-order valence-electron chi connectivity index (χ1n) is 6.83. The predicted octanol–water partition coefficient (Wildman–Crippen LogP) is 4.63. The quantitative estimate of drug-likeness (QED) is 0.844. The molecule has 2 heterocycles. The highest BCUT2D eigenvalue weighted by atomic mass is 35.5. The Kier molecular flexibility index (Phi) is 9.43. The molecule has 1 aliphatic heterocycles. The molecule has 1 aliphatic rings. The molecule has 2 N–H and O–H groups in total. The number of hydrogen-bond acceptors (Lipinski definition) is 1. The van der Waals surface area contributed by atoms with Crippen LogP contribution in [0.15, 0.2) is 48.8 Å². The Bertz CT molecular complexity index is 465. The van der Waals surface area contributed by atoms with Crippen LogP contribution in [0.1, 0.15) is 37.3 Å². The van der Waals surface area contributed by atoms with Crippen molar-refractivity contribution in [3.05, 3.63) is 59.9 Å². The Labute approximate surface area is 140 Å². The van der Waals surface area contributed by atoms with Crippen LogP contribution in [-0.2, 0) is 0 Å². The minimum atomic E-state index is 0. The molecule has 0 radical (unpaired) electrons. The van der Waals surface area contributed by atoms with Crippen molar-refractivity contribution in [1.82, 2.24) is 10.3 Å². The Morgan fingerprint density at radius 3 is 2.14 bits per heavy atom. The second-order valence-electron chi connectivity index (χ2n) is 5.12. The first kappa shape index (κ1) is 20.0. The summed E-state index contributed by atoms with van der Waals surface area (Å²) in [6.07, 6.45) is 6.72. The minimum absolute atomic E-state index is 0. The zero-order chi connectivity index (χ0) is 12.2. The lowest BCUT2D eigenvalue weighted by Gasteiger charge is -2.30. The molecule has 0 amide bonds. The molecule has 1 aromatic heterocycles. The fourth-order valence-corrected chi connectivity index (χ4v) is 3.10. The molecule has 21 heavy (non-hydrogen) atoms. The van der Waals surface area contributed by atoms with Gasteiger partial charge in [0, 0.05) is 18.3 Å². The van der Waals surface area contributed by atoms with Crippen LogP contribution in [0.4, 0.5) is 0 Å². The summed E-state index contributed by atoms with van der Waals surface area (Å²) in [4.78, 5) is 3.20. The molecule has 2 nitrogen and oxygen atoms in total. The van der Waals surface area contributed by atoms with Crippen molar-refractivity contribution in [3.63, 3.8) is 0 Å². The SMILES string of the molecule is C.Cl.Cl.c1ccc(C(c2cc[nH]c2)C2CCNCC2)cc1. The molecule has 3 rings (SSSR count). The maximum atomic E-state index is 3.46. The lowest BCUT2D eigenvalue weighted by atomic mass is 9.77. The van der Waals surface area contributed by atoms with Gasteiger partial charge in [-0.1, -0.05) is 37.8 Å². The van der Waals surface area contributed by atoms with E-state index in [1.807, 2.05) is 6.20 Å². The maximum absolute atomic E-state index is 3.46. The number of piperidine rings is 1. The summed E-state index contributed by atoms with van der Waals surface area (Å²) in [5.74, 6) is 1.30. The maximum Gasteiger partial charge on any atom is 0.0133 e. The van der Waals surface area contributed by atoms with E-state index < -0.39 is 0 Å². The molecule has 1 unspecified atom stereocenters. The molecule has 0 bridgehead atoms. The Morgan fingerprint density at radius 1 is 0.905 bits per heavy atom. The summed E-state index contributed by atoms with van der Waals surface area (Å²) in [6.45, 7) is 2.30. The van der Waals surface area contributed by atoms with Gasteiger partial charge in [0.25, 0.3) is 0 Å². The van der Waals surface area contributed by atoms with Gasteiger partial charge in [-0.05, 0) is 49.0 Å². The fraction of sp³-hybridized carbons (Fsp3) is 0.412. The van der Waals surface area contributed by atoms with Gasteiger partial charge >= 0.3 is 0 Å². The lowest BCUT2D eigenvalue weighted by molar-refractivity contribution is 0.342. The Balaban J connectivity index is 0.00000133. The number of H-pyrrole nitrogens is 1. The van der Waals surface area contributed by atoms with Crippen molar-refractivity contribution in [2.75, 3.05) is 13.1 Å². The van der Waals surface area contributed by atoms with E-state index in [1.165, 1.54) is 24.0 Å². The fourth-order valence-electron chi connectivity index (χ4n) is 3.10. The van der Waals surface area contributed by atoms with Crippen LogP contribution in [0.2, 0.25) is 0 Å². The summed E-state index contributed by atoms with van der Waals surface area (Å²) in [7, 11) is 0. The first-order valence-corrected chi connectivity index (χ1v) is 6.83. The van der Waals surface area contributed by atoms with Gasteiger partial charge in [0.2, 0.25) is 0 Å². The highest BCUT2D eigenvalue weighted by Crippen LogP contribution is 2.36. The van der Waals surface area contributed by atoms with E-state index in [0.29, 0.717) is 5.92 Å². The standard InChI is InChI=1S/C16H20N2.CH4.2ClH/c1-2-4-13(5-3-1)16(15-8-11-18-12-15)14-6-9-17-10-7-14;;;/h1-5,8,11-12,14,16-18H,6-7,9-10H2;1H4;2*1H. The van der Waals surface area contributed by atoms with E-state index in [-0.39, 0.29) is 32.2 Å². The third-order valence-electron chi connectivity index (χ3n) is 4.00. The van der Waals surface area contributed by atoms with Gasteiger partial charge in [-0.15, -0.1) is 24.8 Å². The van der Waals surface area contributed by atoms with Gasteiger partial charge in [-0.25, -0.2) is 0 Å². The zero-order valence-electron chi connectivity index (χ0n) is 11.4. The minimum Gasteiger partial charge on any atom is -0.367 e. The molecule has 1 aromatic carbocycles. The number of halogens is 2. The Morgan fingerprint density at radius 2 is 1.57 bits per heavy atom. The van der Waals surface area contributed by atoms with Crippen LogP contribution < -0.4 is 5.32 Å². The molecule has 1 atom stereocenters. The van der Waals surface area contributed by atoms with Gasteiger partial charge in [0.05, 0.1) is 0 Å². The largest absolute Gasteiger partial charge is 0.367 e. The van der Waals surface area contributed by atoms with Crippen LogP contribution in [0.5, 0.6) is 0 Å². The first-order chi connectivity index (χ1) is 8.95. The molecule has 118 valence electrons. The average Bonchev–Trinajstić information content (AvgIpc) is 2.95. The number of rotatable bonds is 3. The van der Waals surface area contributed by atoms with Gasteiger partial charge in [0.1, 0.15) is 0 Å². The molecule has 0 saturated carbocycles. The van der Waals surface area contributed by atoms with Crippen molar-refractivity contribution in [1.29, 1.82) is 0 Å². The molecule has 1 saturated heterocycles.